The van der Waals surface area contributed by atoms with E-state index in [0.29, 0.717) is 17.3 Å². The first kappa shape index (κ1) is 17.2. The van der Waals surface area contributed by atoms with Crippen molar-refractivity contribution in [3.63, 3.8) is 0 Å². The number of thiazole rings is 1. The van der Waals surface area contributed by atoms with Gasteiger partial charge in [0.2, 0.25) is 5.13 Å². The highest BCUT2D eigenvalue weighted by atomic mass is 32.1. The zero-order valence-electron chi connectivity index (χ0n) is 14.9. The number of carbonyl (C=O) groups is 1. The van der Waals surface area contributed by atoms with E-state index in [1.807, 2.05) is 56.3 Å². The zero-order valence-corrected chi connectivity index (χ0v) is 15.8. The molecule has 0 aliphatic heterocycles. The Hall–Kier alpha value is -3.19. The number of hydrazine groups is 1. The van der Waals surface area contributed by atoms with Gasteiger partial charge in [0.25, 0.3) is 5.91 Å². The summed E-state index contributed by atoms with van der Waals surface area (Å²) >= 11 is 1.45. The number of fused-ring (bicyclic) bond motifs is 2. The fraction of sp³-hybridized carbons (Fsp3) is 0.150. The molecule has 0 unspecified atom stereocenters. The van der Waals surface area contributed by atoms with Crippen LogP contribution in [0.25, 0.3) is 21.1 Å². The maximum absolute atomic E-state index is 12.5. The second kappa shape index (κ2) is 7.20. The Balaban J connectivity index is 1.51. The Kier molecular flexibility index (Phi) is 4.60. The quantitative estimate of drug-likeness (QED) is 0.506. The van der Waals surface area contributed by atoms with Crippen molar-refractivity contribution in [2.24, 2.45) is 0 Å². The van der Waals surface area contributed by atoms with Crippen LogP contribution < -0.4 is 15.6 Å². The Labute approximate surface area is 160 Å². The summed E-state index contributed by atoms with van der Waals surface area (Å²) in [4.78, 5) is 21.4. The number of hydrogen-bond acceptors (Lipinski definition) is 6. The van der Waals surface area contributed by atoms with E-state index in [9.17, 15) is 4.79 Å². The van der Waals surface area contributed by atoms with Crippen molar-refractivity contribution in [1.82, 2.24) is 15.4 Å². The van der Waals surface area contributed by atoms with Gasteiger partial charge in [-0.15, -0.1) is 0 Å². The van der Waals surface area contributed by atoms with E-state index < -0.39 is 0 Å². The molecule has 0 saturated carbocycles. The molecule has 0 saturated heterocycles. The minimum absolute atomic E-state index is 0.234. The summed E-state index contributed by atoms with van der Waals surface area (Å²) in [5.41, 5.74) is 8.75. The summed E-state index contributed by atoms with van der Waals surface area (Å²) in [6.07, 6.45) is 0. The van der Waals surface area contributed by atoms with Gasteiger partial charge in [0.15, 0.2) is 0 Å². The number of aryl methyl sites for hydroxylation is 1. The molecule has 0 fully saturated rings. The van der Waals surface area contributed by atoms with Crippen LogP contribution in [0.1, 0.15) is 23.0 Å². The van der Waals surface area contributed by atoms with Crippen LogP contribution in [-0.4, -0.2) is 22.5 Å². The second-order valence-corrected chi connectivity index (χ2v) is 7.02. The third kappa shape index (κ3) is 3.54. The molecule has 27 heavy (non-hydrogen) atoms. The highest BCUT2D eigenvalue weighted by Gasteiger charge is 2.11. The zero-order chi connectivity index (χ0) is 18.8. The molecule has 4 rings (SSSR count). The van der Waals surface area contributed by atoms with Crippen molar-refractivity contribution in [2.75, 3.05) is 12.0 Å². The normalized spacial score (nSPS) is 10.9. The summed E-state index contributed by atoms with van der Waals surface area (Å²) in [6.45, 7) is 4.45. The minimum atomic E-state index is -0.234. The first-order valence-corrected chi connectivity index (χ1v) is 9.42. The third-order valence-corrected chi connectivity index (χ3v) is 4.99. The monoisotopic (exact) mass is 378 g/mol. The number of anilines is 1. The van der Waals surface area contributed by atoms with Gasteiger partial charge in [0.05, 0.1) is 16.8 Å². The lowest BCUT2D eigenvalue weighted by Crippen LogP contribution is -2.29. The fourth-order valence-corrected chi connectivity index (χ4v) is 3.64. The Morgan fingerprint density at radius 3 is 2.89 bits per heavy atom. The molecule has 6 nitrogen and oxygen atoms in total. The highest BCUT2D eigenvalue weighted by molar-refractivity contribution is 7.22. The van der Waals surface area contributed by atoms with Gasteiger partial charge in [0, 0.05) is 16.6 Å². The average Bonchev–Trinajstić information content (AvgIpc) is 3.10. The van der Waals surface area contributed by atoms with Gasteiger partial charge >= 0.3 is 0 Å². The topological polar surface area (TPSA) is 76.1 Å². The first-order chi connectivity index (χ1) is 13.1. The Bertz CT molecular complexity index is 1140. The van der Waals surface area contributed by atoms with Crippen molar-refractivity contribution in [3.05, 3.63) is 59.8 Å². The van der Waals surface area contributed by atoms with Gasteiger partial charge in [-0.25, -0.2) is 4.98 Å². The lowest BCUT2D eigenvalue weighted by atomic mass is 10.1. The molecular weight excluding hydrogens is 360 g/mol. The molecule has 0 spiro atoms. The Morgan fingerprint density at radius 1 is 1.15 bits per heavy atom. The van der Waals surface area contributed by atoms with E-state index in [0.717, 1.165) is 32.6 Å². The number of benzene rings is 2. The van der Waals surface area contributed by atoms with Crippen LogP contribution in [0, 0.1) is 6.92 Å². The van der Waals surface area contributed by atoms with E-state index in [4.69, 9.17) is 4.74 Å². The first-order valence-electron chi connectivity index (χ1n) is 8.60. The van der Waals surface area contributed by atoms with Gasteiger partial charge < -0.3 is 4.74 Å². The van der Waals surface area contributed by atoms with Crippen molar-refractivity contribution in [1.29, 1.82) is 0 Å². The molecule has 0 radical (unpaired) electrons. The minimum Gasteiger partial charge on any atom is -0.492 e. The predicted octanol–water partition coefficient (Wildman–Crippen LogP) is 4.31. The van der Waals surface area contributed by atoms with Gasteiger partial charge in [0.1, 0.15) is 11.3 Å². The van der Waals surface area contributed by atoms with Crippen LogP contribution in [0.4, 0.5) is 5.13 Å². The molecule has 4 aromatic rings. The van der Waals surface area contributed by atoms with E-state index in [-0.39, 0.29) is 5.91 Å². The summed E-state index contributed by atoms with van der Waals surface area (Å²) < 4.78 is 6.59. The molecule has 1 amide bonds. The number of carbonyl (C=O) groups excluding carboxylic acids is 1. The molecule has 7 heteroatoms. The molecule has 2 heterocycles. The standard InChI is InChI=1S/C20H18N4O2S/c1-3-26-16-5-4-6-17-18(16)22-20(27-17)24-23-19(25)14-9-10-15-13(11-14)8-7-12(2)21-15/h4-11H,3H2,1-2H3,(H,22,24)(H,23,25). The molecule has 0 aliphatic rings. The molecule has 2 N–H and O–H groups in total. The second-order valence-electron chi connectivity index (χ2n) is 5.99. The number of aromatic nitrogens is 2. The fourth-order valence-electron chi connectivity index (χ4n) is 2.80. The molecule has 0 atom stereocenters. The summed E-state index contributed by atoms with van der Waals surface area (Å²) in [5, 5.41) is 1.53. The van der Waals surface area contributed by atoms with Crippen LogP contribution in [0.3, 0.4) is 0 Å². The SMILES string of the molecule is CCOc1cccc2sc(NNC(=O)c3ccc4nc(C)ccc4c3)nc12. The van der Waals surface area contributed by atoms with Crippen LogP contribution in [0.2, 0.25) is 0 Å². The lowest BCUT2D eigenvalue weighted by molar-refractivity contribution is 0.0963. The predicted molar refractivity (Wildman–Crippen MR) is 108 cm³/mol. The molecule has 2 aromatic carbocycles. The van der Waals surface area contributed by atoms with Gasteiger partial charge in [-0.1, -0.05) is 23.5 Å². The maximum atomic E-state index is 12.5. The number of pyridine rings is 1. The van der Waals surface area contributed by atoms with Crippen LogP contribution in [0.5, 0.6) is 5.75 Å². The lowest BCUT2D eigenvalue weighted by Gasteiger charge is -2.06. The molecule has 0 bridgehead atoms. The van der Waals surface area contributed by atoms with E-state index >= 15 is 0 Å². The summed E-state index contributed by atoms with van der Waals surface area (Å²) in [6, 6.07) is 15.1. The van der Waals surface area contributed by atoms with Crippen molar-refractivity contribution in [2.45, 2.75) is 13.8 Å². The van der Waals surface area contributed by atoms with Crippen molar-refractivity contribution >= 4 is 43.5 Å². The summed E-state index contributed by atoms with van der Waals surface area (Å²) in [5.74, 6) is 0.504. The number of hydrogen-bond donors (Lipinski definition) is 2. The van der Waals surface area contributed by atoms with Crippen LogP contribution >= 0.6 is 11.3 Å². The number of amides is 1. The largest absolute Gasteiger partial charge is 0.492 e. The average molecular weight is 378 g/mol. The van der Waals surface area contributed by atoms with E-state index in [1.165, 1.54) is 11.3 Å². The summed E-state index contributed by atoms with van der Waals surface area (Å²) in [7, 11) is 0. The van der Waals surface area contributed by atoms with E-state index in [1.54, 1.807) is 6.07 Å². The van der Waals surface area contributed by atoms with Crippen molar-refractivity contribution < 1.29 is 9.53 Å². The number of rotatable bonds is 5. The number of ether oxygens (including phenoxy) is 1. The molecule has 0 aliphatic carbocycles. The molecule has 136 valence electrons. The van der Waals surface area contributed by atoms with Gasteiger partial charge in [-0.05, 0) is 50.2 Å². The van der Waals surface area contributed by atoms with Gasteiger partial charge in [-0.3, -0.25) is 20.6 Å². The maximum Gasteiger partial charge on any atom is 0.269 e. The number of nitrogens with zero attached hydrogens (tertiary/aromatic N) is 2. The van der Waals surface area contributed by atoms with Crippen LogP contribution in [-0.2, 0) is 0 Å². The van der Waals surface area contributed by atoms with Crippen LogP contribution in [0.15, 0.2) is 48.5 Å². The van der Waals surface area contributed by atoms with Crippen molar-refractivity contribution in [3.8, 4) is 5.75 Å². The smallest absolute Gasteiger partial charge is 0.269 e. The highest BCUT2D eigenvalue weighted by Crippen LogP contribution is 2.32. The third-order valence-electron chi connectivity index (χ3n) is 4.06. The van der Waals surface area contributed by atoms with E-state index in [2.05, 4.69) is 20.8 Å². The Morgan fingerprint density at radius 2 is 2.04 bits per heavy atom. The van der Waals surface area contributed by atoms with Gasteiger partial charge in [-0.2, -0.15) is 0 Å². The molecule has 2 aromatic heterocycles. The molecular formula is C20H18N4O2S. The number of para-hydroxylation sites is 1. The number of nitrogens with one attached hydrogen (secondary N) is 2.